The largest absolute Gasteiger partial charge is 0.303 e. The van der Waals surface area contributed by atoms with Crippen LogP contribution in [0.4, 0.5) is 0 Å². The first kappa shape index (κ1) is 11.8. The van der Waals surface area contributed by atoms with Crippen molar-refractivity contribution >= 4 is 17.1 Å². The Morgan fingerprint density at radius 3 is 2.75 bits per heavy atom. The highest BCUT2D eigenvalue weighted by Gasteiger charge is 2.29. The summed E-state index contributed by atoms with van der Waals surface area (Å²) in [5, 5.41) is 0. The monoisotopic (exact) mass is 238 g/mol. The fraction of sp³-hybridized carbons (Fsp3) is 0.583. The van der Waals surface area contributed by atoms with E-state index >= 15 is 0 Å². The molecule has 1 aliphatic rings. The Labute approximate surface area is 101 Å². The number of rotatable bonds is 2. The molecular weight excluding hydrogens is 220 g/mol. The minimum atomic E-state index is 0.0248. The molecule has 0 spiro atoms. The number of hydrogen-bond donors (Lipinski definition) is 0. The van der Waals surface area contributed by atoms with Gasteiger partial charge in [0.25, 0.3) is 0 Å². The lowest BCUT2D eigenvalue weighted by Crippen LogP contribution is -2.53. The average Bonchev–Trinajstić information content (AvgIpc) is 2.67. The highest BCUT2D eigenvalue weighted by atomic mass is 32.1. The van der Waals surface area contributed by atoms with E-state index in [0.29, 0.717) is 0 Å². The molecule has 88 valence electrons. The maximum absolute atomic E-state index is 12.3. The van der Waals surface area contributed by atoms with Gasteiger partial charge in [-0.15, -0.1) is 11.3 Å². The SMILES string of the molecule is Cc1ccc(C(=O)C2CN(C)CCN2C)s1. The molecule has 2 rings (SSSR count). The third-order valence-electron chi connectivity index (χ3n) is 3.14. The van der Waals surface area contributed by atoms with Gasteiger partial charge >= 0.3 is 0 Å². The molecule has 1 aliphatic heterocycles. The van der Waals surface area contributed by atoms with Crippen molar-refractivity contribution in [1.29, 1.82) is 0 Å². The van der Waals surface area contributed by atoms with Crippen LogP contribution in [0.1, 0.15) is 14.5 Å². The van der Waals surface area contributed by atoms with Gasteiger partial charge in [0.05, 0.1) is 10.9 Å². The van der Waals surface area contributed by atoms with E-state index in [0.717, 1.165) is 24.5 Å². The lowest BCUT2D eigenvalue weighted by molar-refractivity contribution is 0.0690. The van der Waals surface area contributed by atoms with Crippen LogP contribution in [0.5, 0.6) is 0 Å². The molecule has 0 aromatic carbocycles. The zero-order valence-corrected chi connectivity index (χ0v) is 10.9. The summed E-state index contributed by atoms with van der Waals surface area (Å²) < 4.78 is 0. The van der Waals surface area contributed by atoms with Gasteiger partial charge in [-0.3, -0.25) is 9.69 Å². The molecule has 0 saturated carbocycles. The smallest absolute Gasteiger partial charge is 0.191 e. The zero-order valence-electron chi connectivity index (χ0n) is 10.1. The summed E-state index contributed by atoms with van der Waals surface area (Å²) in [6.07, 6.45) is 0. The lowest BCUT2D eigenvalue weighted by atomic mass is 10.1. The number of carbonyl (C=O) groups is 1. The molecule has 4 heteroatoms. The Balaban J connectivity index is 2.14. The molecule has 1 saturated heterocycles. The maximum atomic E-state index is 12.3. The van der Waals surface area contributed by atoms with Crippen molar-refractivity contribution in [2.75, 3.05) is 33.7 Å². The Kier molecular flexibility index (Phi) is 3.42. The number of likely N-dealkylation sites (N-methyl/N-ethyl adjacent to an activating group) is 2. The first-order chi connectivity index (χ1) is 7.58. The van der Waals surface area contributed by atoms with Crippen molar-refractivity contribution in [3.05, 3.63) is 21.9 Å². The molecule has 1 aromatic heterocycles. The van der Waals surface area contributed by atoms with E-state index in [4.69, 9.17) is 0 Å². The highest BCUT2D eigenvalue weighted by Crippen LogP contribution is 2.20. The summed E-state index contributed by atoms with van der Waals surface area (Å²) in [6, 6.07) is 3.99. The Morgan fingerprint density at radius 2 is 2.12 bits per heavy atom. The number of piperazine rings is 1. The maximum Gasteiger partial charge on any atom is 0.191 e. The number of aryl methyl sites for hydroxylation is 1. The number of carbonyl (C=O) groups excluding carboxylic acids is 1. The van der Waals surface area contributed by atoms with Crippen LogP contribution in [0.3, 0.4) is 0 Å². The van der Waals surface area contributed by atoms with Gasteiger partial charge in [0.15, 0.2) is 5.78 Å². The lowest BCUT2D eigenvalue weighted by Gasteiger charge is -2.36. The minimum absolute atomic E-state index is 0.0248. The van der Waals surface area contributed by atoms with Crippen molar-refractivity contribution in [2.24, 2.45) is 0 Å². The fourth-order valence-electron chi connectivity index (χ4n) is 2.02. The normalized spacial score (nSPS) is 23.6. The number of Topliss-reactive ketones (excluding diaryl/α,β-unsaturated/α-hetero) is 1. The second-order valence-corrected chi connectivity index (χ2v) is 5.82. The zero-order chi connectivity index (χ0) is 11.7. The van der Waals surface area contributed by atoms with Crippen LogP contribution < -0.4 is 0 Å². The second-order valence-electron chi connectivity index (χ2n) is 4.53. The van der Waals surface area contributed by atoms with Crippen molar-refractivity contribution in [3.63, 3.8) is 0 Å². The quantitative estimate of drug-likeness (QED) is 0.729. The number of nitrogens with zero attached hydrogens (tertiary/aromatic N) is 2. The molecule has 1 fully saturated rings. The Hall–Kier alpha value is -0.710. The predicted octanol–water partition coefficient (Wildman–Crippen LogP) is 1.49. The van der Waals surface area contributed by atoms with Gasteiger partial charge in [-0.25, -0.2) is 0 Å². The summed E-state index contributed by atoms with van der Waals surface area (Å²) in [5.41, 5.74) is 0. The van der Waals surface area contributed by atoms with E-state index in [1.807, 2.05) is 26.1 Å². The number of thiophene rings is 1. The summed E-state index contributed by atoms with van der Waals surface area (Å²) in [4.78, 5) is 18.8. The van der Waals surface area contributed by atoms with Gasteiger partial charge in [-0.05, 0) is 33.2 Å². The molecule has 3 nitrogen and oxygen atoms in total. The average molecular weight is 238 g/mol. The standard InChI is InChI=1S/C12H18N2OS/c1-9-4-5-11(16-9)12(15)10-8-13(2)6-7-14(10)3/h4-5,10H,6-8H2,1-3H3. The van der Waals surface area contributed by atoms with Crippen LogP contribution in [0.2, 0.25) is 0 Å². The number of hydrogen-bond acceptors (Lipinski definition) is 4. The summed E-state index contributed by atoms with van der Waals surface area (Å²) in [7, 11) is 4.11. The molecule has 16 heavy (non-hydrogen) atoms. The van der Waals surface area contributed by atoms with Crippen molar-refractivity contribution in [2.45, 2.75) is 13.0 Å². The Bertz CT molecular complexity index is 388. The van der Waals surface area contributed by atoms with Crippen LogP contribution in [0.25, 0.3) is 0 Å². The van der Waals surface area contributed by atoms with E-state index < -0.39 is 0 Å². The second kappa shape index (κ2) is 4.65. The third kappa shape index (κ3) is 2.34. The van der Waals surface area contributed by atoms with Crippen LogP contribution in [-0.2, 0) is 0 Å². The molecule has 0 N–H and O–H groups in total. The number of ketones is 1. The van der Waals surface area contributed by atoms with E-state index in [1.54, 1.807) is 11.3 Å². The molecular formula is C12H18N2OS. The van der Waals surface area contributed by atoms with E-state index in [1.165, 1.54) is 4.88 Å². The first-order valence-corrected chi connectivity index (χ1v) is 6.39. The van der Waals surface area contributed by atoms with Gasteiger partial charge < -0.3 is 4.90 Å². The fourth-order valence-corrected chi connectivity index (χ4v) is 2.88. The molecule has 0 radical (unpaired) electrons. The Morgan fingerprint density at radius 1 is 1.38 bits per heavy atom. The van der Waals surface area contributed by atoms with Gasteiger partial charge in [-0.1, -0.05) is 0 Å². The van der Waals surface area contributed by atoms with Crippen LogP contribution in [0.15, 0.2) is 12.1 Å². The predicted molar refractivity (Wildman–Crippen MR) is 67.3 cm³/mol. The van der Waals surface area contributed by atoms with Gasteiger partial charge in [-0.2, -0.15) is 0 Å². The third-order valence-corrected chi connectivity index (χ3v) is 4.15. The molecule has 2 heterocycles. The van der Waals surface area contributed by atoms with Crippen molar-refractivity contribution in [1.82, 2.24) is 9.80 Å². The first-order valence-electron chi connectivity index (χ1n) is 5.57. The topological polar surface area (TPSA) is 23.6 Å². The highest BCUT2D eigenvalue weighted by molar-refractivity contribution is 7.14. The van der Waals surface area contributed by atoms with Gasteiger partial charge in [0.2, 0.25) is 0 Å². The summed E-state index contributed by atoms with van der Waals surface area (Å²) in [6.45, 7) is 4.89. The molecule has 0 aliphatic carbocycles. The molecule has 0 amide bonds. The van der Waals surface area contributed by atoms with Gasteiger partial charge in [0.1, 0.15) is 0 Å². The molecule has 1 unspecified atom stereocenters. The molecule has 1 atom stereocenters. The van der Waals surface area contributed by atoms with E-state index in [-0.39, 0.29) is 11.8 Å². The van der Waals surface area contributed by atoms with Crippen molar-refractivity contribution in [3.8, 4) is 0 Å². The van der Waals surface area contributed by atoms with Gasteiger partial charge in [0, 0.05) is 24.5 Å². The minimum Gasteiger partial charge on any atom is -0.303 e. The van der Waals surface area contributed by atoms with Crippen molar-refractivity contribution < 1.29 is 4.79 Å². The van der Waals surface area contributed by atoms with Crippen LogP contribution >= 0.6 is 11.3 Å². The van der Waals surface area contributed by atoms with E-state index in [9.17, 15) is 4.79 Å². The summed E-state index contributed by atoms with van der Waals surface area (Å²) >= 11 is 1.60. The molecule has 1 aromatic rings. The molecule has 0 bridgehead atoms. The van der Waals surface area contributed by atoms with Crippen LogP contribution in [-0.4, -0.2) is 55.4 Å². The summed E-state index contributed by atoms with van der Waals surface area (Å²) in [5.74, 6) is 0.271. The van der Waals surface area contributed by atoms with Crippen LogP contribution in [0, 0.1) is 6.92 Å². The van der Waals surface area contributed by atoms with E-state index in [2.05, 4.69) is 16.8 Å².